The van der Waals surface area contributed by atoms with Crippen molar-refractivity contribution in [2.75, 3.05) is 0 Å². The van der Waals surface area contributed by atoms with E-state index in [9.17, 15) is 9.46 Å². The van der Waals surface area contributed by atoms with Gasteiger partial charge in [0, 0.05) is 10.6 Å². The number of hydrogen-bond acceptors (Lipinski definition) is 1. The van der Waals surface area contributed by atoms with Crippen LogP contribution in [0.4, 0.5) is 0 Å². The molecule has 1 aliphatic rings. The lowest BCUT2D eigenvalue weighted by atomic mass is 10.1. The molecule has 2 aromatic rings. The van der Waals surface area contributed by atoms with Crippen LogP contribution in [0.2, 0.25) is 0 Å². The standard InChI is InChI=1S/C14H13O2P/c15-17(16,12-7-4-8-12)14-10-3-6-11-5-1-2-9-13(11)14/h1-3,5-7,9-10H,4,8H2,(H,15,16). The van der Waals surface area contributed by atoms with E-state index >= 15 is 0 Å². The van der Waals surface area contributed by atoms with E-state index in [0.29, 0.717) is 10.6 Å². The number of fused-ring (bicyclic) bond motifs is 1. The molecule has 2 aromatic carbocycles. The first-order valence-electron chi connectivity index (χ1n) is 5.70. The third-order valence-electron chi connectivity index (χ3n) is 3.26. The summed E-state index contributed by atoms with van der Waals surface area (Å²) in [5.41, 5.74) is 0. The summed E-state index contributed by atoms with van der Waals surface area (Å²) >= 11 is 0. The van der Waals surface area contributed by atoms with E-state index < -0.39 is 7.37 Å². The highest BCUT2D eigenvalue weighted by molar-refractivity contribution is 7.70. The first-order chi connectivity index (χ1) is 8.19. The molecule has 0 saturated heterocycles. The summed E-state index contributed by atoms with van der Waals surface area (Å²) in [7, 11) is -3.33. The van der Waals surface area contributed by atoms with Gasteiger partial charge in [0.2, 0.25) is 0 Å². The van der Waals surface area contributed by atoms with Crippen molar-refractivity contribution in [3.05, 3.63) is 53.9 Å². The van der Waals surface area contributed by atoms with Crippen LogP contribution < -0.4 is 5.30 Å². The fraction of sp³-hybridized carbons (Fsp3) is 0.143. The van der Waals surface area contributed by atoms with Crippen molar-refractivity contribution in [3.8, 4) is 0 Å². The van der Waals surface area contributed by atoms with E-state index in [1.807, 2.05) is 42.5 Å². The summed E-state index contributed by atoms with van der Waals surface area (Å²) in [4.78, 5) is 10.3. The molecule has 0 aliphatic heterocycles. The average Bonchev–Trinajstić information content (AvgIpc) is 2.25. The van der Waals surface area contributed by atoms with Gasteiger partial charge < -0.3 is 4.89 Å². The Kier molecular flexibility index (Phi) is 2.43. The smallest absolute Gasteiger partial charge is 0.255 e. The Bertz CT molecular complexity index is 653. The molecule has 17 heavy (non-hydrogen) atoms. The minimum absolute atomic E-state index is 0.571. The van der Waals surface area contributed by atoms with Gasteiger partial charge in [0.15, 0.2) is 0 Å². The SMILES string of the molecule is O=P(O)(C1=CCC1)c1cccc2ccccc12. The van der Waals surface area contributed by atoms with Gasteiger partial charge in [-0.2, -0.15) is 0 Å². The summed E-state index contributed by atoms with van der Waals surface area (Å²) < 4.78 is 12.5. The Labute approximate surface area is 100 Å². The second-order valence-corrected chi connectivity index (χ2v) is 6.52. The molecule has 1 atom stereocenters. The zero-order valence-corrected chi connectivity index (χ0v) is 10.2. The molecular formula is C14H13O2P. The minimum Gasteiger partial charge on any atom is -0.338 e. The first kappa shape index (κ1) is 10.8. The molecular weight excluding hydrogens is 231 g/mol. The fourth-order valence-electron chi connectivity index (χ4n) is 2.18. The molecule has 1 unspecified atom stereocenters. The van der Waals surface area contributed by atoms with E-state index in [1.165, 1.54) is 0 Å². The molecule has 0 heterocycles. The second-order valence-electron chi connectivity index (χ2n) is 4.31. The summed E-state index contributed by atoms with van der Waals surface area (Å²) in [6.45, 7) is 0. The zero-order chi connectivity index (χ0) is 11.9. The highest BCUT2D eigenvalue weighted by atomic mass is 31.2. The van der Waals surface area contributed by atoms with Crippen molar-refractivity contribution in [1.82, 2.24) is 0 Å². The van der Waals surface area contributed by atoms with Gasteiger partial charge in [-0.05, 0) is 29.7 Å². The fourth-order valence-corrected chi connectivity index (χ4v) is 4.11. The quantitative estimate of drug-likeness (QED) is 0.822. The number of benzene rings is 2. The molecule has 0 aromatic heterocycles. The van der Waals surface area contributed by atoms with Crippen LogP contribution in [0.3, 0.4) is 0 Å². The molecule has 1 N–H and O–H groups in total. The van der Waals surface area contributed by atoms with Gasteiger partial charge >= 0.3 is 0 Å². The molecule has 0 spiro atoms. The number of allylic oxidation sites excluding steroid dienone is 2. The van der Waals surface area contributed by atoms with Crippen molar-refractivity contribution >= 4 is 23.4 Å². The molecule has 3 rings (SSSR count). The average molecular weight is 244 g/mol. The van der Waals surface area contributed by atoms with Crippen molar-refractivity contribution in [2.45, 2.75) is 12.8 Å². The van der Waals surface area contributed by atoms with E-state index in [-0.39, 0.29) is 0 Å². The topological polar surface area (TPSA) is 37.3 Å². The van der Waals surface area contributed by atoms with Crippen molar-refractivity contribution in [1.29, 1.82) is 0 Å². The Balaban J connectivity index is 2.27. The van der Waals surface area contributed by atoms with Crippen LogP contribution in [-0.4, -0.2) is 4.89 Å². The van der Waals surface area contributed by atoms with Crippen LogP contribution in [0.1, 0.15) is 12.8 Å². The van der Waals surface area contributed by atoms with Gasteiger partial charge in [-0.1, -0.05) is 42.5 Å². The lowest BCUT2D eigenvalue weighted by Crippen LogP contribution is -2.10. The second kappa shape index (κ2) is 3.83. The maximum absolute atomic E-state index is 12.5. The van der Waals surface area contributed by atoms with E-state index in [4.69, 9.17) is 0 Å². The van der Waals surface area contributed by atoms with Gasteiger partial charge in [0.25, 0.3) is 7.37 Å². The molecule has 1 aliphatic carbocycles. The monoisotopic (exact) mass is 244 g/mol. The lowest BCUT2D eigenvalue weighted by Gasteiger charge is -2.22. The molecule has 0 bridgehead atoms. The van der Waals surface area contributed by atoms with Crippen molar-refractivity contribution in [3.63, 3.8) is 0 Å². The van der Waals surface area contributed by atoms with E-state index in [1.54, 1.807) is 6.07 Å². The third kappa shape index (κ3) is 1.65. The maximum atomic E-state index is 12.5. The third-order valence-corrected chi connectivity index (χ3v) is 5.49. The molecule has 0 saturated carbocycles. The maximum Gasteiger partial charge on any atom is 0.255 e. The summed E-state index contributed by atoms with van der Waals surface area (Å²) in [5.74, 6) is 0. The van der Waals surface area contributed by atoms with Crippen LogP contribution in [-0.2, 0) is 4.57 Å². The predicted octanol–water partition coefficient (Wildman–Crippen LogP) is 3.41. The largest absolute Gasteiger partial charge is 0.338 e. The first-order valence-corrected chi connectivity index (χ1v) is 7.36. The molecule has 2 nitrogen and oxygen atoms in total. The highest BCUT2D eigenvalue weighted by Gasteiger charge is 2.30. The lowest BCUT2D eigenvalue weighted by molar-refractivity contribution is 0.493. The van der Waals surface area contributed by atoms with Crippen molar-refractivity contribution < 1.29 is 9.46 Å². The van der Waals surface area contributed by atoms with Crippen LogP contribution in [0, 0.1) is 0 Å². The Morgan fingerprint density at radius 1 is 1.06 bits per heavy atom. The van der Waals surface area contributed by atoms with Crippen molar-refractivity contribution in [2.24, 2.45) is 0 Å². The summed E-state index contributed by atoms with van der Waals surface area (Å²) in [6.07, 6.45) is 3.55. The van der Waals surface area contributed by atoms with Crippen LogP contribution >= 0.6 is 7.37 Å². The molecule has 3 heteroatoms. The van der Waals surface area contributed by atoms with Crippen LogP contribution in [0.15, 0.2) is 53.9 Å². The van der Waals surface area contributed by atoms with Gasteiger partial charge in [-0.25, -0.2) is 0 Å². The van der Waals surface area contributed by atoms with Gasteiger partial charge in [0.1, 0.15) is 0 Å². The molecule has 86 valence electrons. The predicted molar refractivity (Wildman–Crippen MR) is 70.7 cm³/mol. The van der Waals surface area contributed by atoms with E-state index in [2.05, 4.69) is 0 Å². The summed E-state index contributed by atoms with van der Waals surface area (Å²) in [6, 6.07) is 13.3. The van der Waals surface area contributed by atoms with Crippen LogP contribution in [0.5, 0.6) is 0 Å². The molecule has 0 amide bonds. The Hall–Kier alpha value is -1.37. The zero-order valence-electron chi connectivity index (χ0n) is 9.34. The molecule has 0 radical (unpaired) electrons. The van der Waals surface area contributed by atoms with Gasteiger partial charge in [-0.15, -0.1) is 0 Å². The minimum atomic E-state index is -3.33. The number of rotatable bonds is 2. The Morgan fingerprint density at radius 3 is 2.47 bits per heavy atom. The highest BCUT2D eigenvalue weighted by Crippen LogP contribution is 2.55. The van der Waals surface area contributed by atoms with E-state index in [0.717, 1.165) is 23.6 Å². The van der Waals surface area contributed by atoms with Gasteiger partial charge in [0.05, 0.1) is 0 Å². The summed E-state index contributed by atoms with van der Waals surface area (Å²) in [5, 5.41) is 3.17. The number of hydrogen-bond donors (Lipinski definition) is 1. The van der Waals surface area contributed by atoms with Crippen LogP contribution in [0.25, 0.3) is 10.8 Å². The normalized spacial score (nSPS) is 18.3. The van der Waals surface area contributed by atoms with Gasteiger partial charge in [-0.3, -0.25) is 4.57 Å². The molecule has 0 fully saturated rings. The Morgan fingerprint density at radius 2 is 1.76 bits per heavy atom.